The molecule has 0 atom stereocenters. The van der Waals surface area contributed by atoms with Crippen LogP contribution in [0.3, 0.4) is 0 Å². The second-order valence-corrected chi connectivity index (χ2v) is 4.90. The molecular weight excluding hydrogens is 309 g/mol. The van der Waals surface area contributed by atoms with Crippen molar-refractivity contribution >= 4 is 34.7 Å². The summed E-state index contributed by atoms with van der Waals surface area (Å²) in [6, 6.07) is 7.75. The predicted molar refractivity (Wildman–Crippen MR) is 81.2 cm³/mol. The van der Waals surface area contributed by atoms with Gasteiger partial charge in [-0.2, -0.15) is 0 Å². The van der Waals surface area contributed by atoms with Crippen molar-refractivity contribution in [2.45, 2.75) is 6.92 Å². The van der Waals surface area contributed by atoms with Crippen LogP contribution in [0.15, 0.2) is 41.2 Å². The third kappa shape index (κ3) is 3.32. The van der Waals surface area contributed by atoms with E-state index >= 15 is 0 Å². The molecule has 0 unspecified atom stereocenters. The number of nitrogens with one attached hydrogen (secondary N) is 2. The number of rotatable bonds is 4. The van der Waals surface area contributed by atoms with Crippen LogP contribution in [-0.2, 0) is 0 Å². The van der Waals surface area contributed by atoms with Gasteiger partial charge in [0.25, 0.3) is 0 Å². The Bertz CT molecular complexity index is 807. The maximum atomic E-state index is 13.1. The molecule has 0 aliphatic rings. The summed E-state index contributed by atoms with van der Waals surface area (Å²) in [5.74, 6) is 1.83. The van der Waals surface area contributed by atoms with Gasteiger partial charge in [-0.15, -0.1) is 0 Å². The van der Waals surface area contributed by atoms with Gasteiger partial charge in [-0.25, -0.2) is 14.4 Å². The van der Waals surface area contributed by atoms with Crippen LogP contribution in [0, 0.1) is 12.7 Å². The van der Waals surface area contributed by atoms with Crippen molar-refractivity contribution in [1.29, 1.82) is 0 Å². The second kappa shape index (κ2) is 5.98. The van der Waals surface area contributed by atoms with Gasteiger partial charge in [0.15, 0.2) is 5.82 Å². The highest BCUT2D eigenvalue weighted by atomic mass is 35.5. The number of anilines is 4. The van der Waals surface area contributed by atoms with Crippen molar-refractivity contribution in [3.05, 3.63) is 53.3 Å². The van der Waals surface area contributed by atoms with Gasteiger partial charge in [0, 0.05) is 17.8 Å². The number of nitrogens with zero attached hydrogens (tertiary/aromatic N) is 3. The lowest BCUT2D eigenvalue weighted by molar-refractivity contribution is 0.400. The lowest BCUT2D eigenvalue weighted by Gasteiger charge is -2.07. The van der Waals surface area contributed by atoms with E-state index in [0.717, 1.165) is 0 Å². The average molecular weight is 320 g/mol. The van der Waals surface area contributed by atoms with Crippen LogP contribution in [0.2, 0.25) is 5.02 Å². The number of aryl methyl sites for hydroxylation is 1. The number of hydrogen-bond donors (Lipinski definition) is 2. The molecule has 3 rings (SSSR count). The largest absolute Gasteiger partial charge is 0.360 e. The van der Waals surface area contributed by atoms with Crippen molar-refractivity contribution in [3.8, 4) is 0 Å². The molecule has 0 aliphatic carbocycles. The van der Waals surface area contributed by atoms with Crippen LogP contribution in [0.4, 0.5) is 27.5 Å². The van der Waals surface area contributed by atoms with Crippen molar-refractivity contribution < 1.29 is 8.91 Å². The summed E-state index contributed by atoms with van der Waals surface area (Å²) >= 11 is 5.74. The molecule has 0 bridgehead atoms. The van der Waals surface area contributed by atoms with Gasteiger partial charge < -0.3 is 15.2 Å². The summed E-state index contributed by atoms with van der Waals surface area (Å²) in [4.78, 5) is 8.18. The normalized spacial score (nSPS) is 10.5. The fourth-order valence-corrected chi connectivity index (χ4v) is 1.95. The zero-order valence-electron chi connectivity index (χ0n) is 11.5. The van der Waals surface area contributed by atoms with Gasteiger partial charge in [0.05, 0.1) is 5.02 Å². The van der Waals surface area contributed by atoms with Gasteiger partial charge in [-0.1, -0.05) is 16.8 Å². The summed E-state index contributed by atoms with van der Waals surface area (Å²) in [5, 5.41) is 9.86. The zero-order chi connectivity index (χ0) is 15.5. The monoisotopic (exact) mass is 319 g/mol. The number of hydrogen-bond acceptors (Lipinski definition) is 6. The third-order valence-electron chi connectivity index (χ3n) is 2.74. The fraction of sp³-hybridized carbons (Fsp3) is 0.0714. The van der Waals surface area contributed by atoms with Gasteiger partial charge in [-0.3, -0.25) is 0 Å². The van der Waals surface area contributed by atoms with Crippen molar-refractivity contribution in [2.24, 2.45) is 0 Å². The Kier molecular flexibility index (Phi) is 3.88. The van der Waals surface area contributed by atoms with E-state index in [1.807, 2.05) is 0 Å². The van der Waals surface area contributed by atoms with Crippen LogP contribution < -0.4 is 10.6 Å². The maximum absolute atomic E-state index is 13.1. The maximum Gasteiger partial charge on any atom is 0.175 e. The highest BCUT2D eigenvalue weighted by Crippen LogP contribution is 2.23. The first-order valence-electron chi connectivity index (χ1n) is 6.34. The van der Waals surface area contributed by atoms with Crippen molar-refractivity contribution in [1.82, 2.24) is 15.1 Å². The van der Waals surface area contributed by atoms with Crippen LogP contribution >= 0.6 is 11.6 Å². The molecule has 1 aromatic carbocycles. The first-order chi connectivity index (χ1) is 10.6. The molecule has 2 N–H and O–H groups in total. The number of halogens is 2. The summed E-state index contributed by atoms with van der Waals surface area (Å²) in [6.45, 7) is 1.80. The topological polar surface area (TPSA) is 75.9 Å². The summed E-state index contributed by atoms with van der Waals surface area (Å²) < 4.78 is 18.1. The molecule has 0 saturated heterocycles. The van der Waals surface area contributed by atoms with E-state index in [0.29, 0.717) is 28.9 Å². The molecule has 0 spiro atoms. The minimum atomic E-state index is -0.473. The van der Waals surface area contributed by atoms with Crippen LogP contribution in [0.25, 0.3) is 0 Å². The van der Waals surface area contributed by atoms with Gasteiger partial charge in [-0.05, 0) is 25.1 Å². The molecule has 8 heteroatoms. The van der Waals surface area contributed by atoms with E-state index in [9.17, 15) is 4.39 Å². The molecule has 0 radical (unpaired) electrons. The fourth-order valence-electron chi connectivity index (χ4n) is 1.77. The Morgan fingerprint density at radius 3 is 2.50 bits per heavy atom. The van der Waals surface area contributed by atoms with Crippen molar-refractivity contribution in [3.63, 3.8) is 0 Å². The van der Waals surface area contributed by atoms with Gasteiger partial charge in [0.2, 0.25) is 0 Å². The summed E-state index contributed by atoms with van der Waals surface area (Å²) in [6.07, 6.45) is 1.39. The van der Waals surface area contributed by atoms with Crippen LogP contribution in [0.5, 0.6) is 0 Å². The molecule has 6 nitrogen and oxygen atoms in total. The van der Waals surface area contributed by atoms with E-state index in [2.05, 4.69) is 25.8 Å². The Morgan fingerprint density at radius 2 is 1.82 bits per heavy atom. The number of aromatic nitrogens is 3. The minimum Gasteiger partial charge on any atom is -0.360 e. The van der Waals surface area contributed by atoms with E-state index in [1.165, 1.54) is 18.5 Å². The Labute approximate surface area is 130 Å². The summed E-state index contributed by atoms with van der Waals surface area (Å²) in [7, 11) is 0. The van der Waals surface area contributed by atoms with Crippen LogP contribution in [-0.4, -0.2) is 15.1 Å². The van der Waals surface area contributed by atoms with Crippen LogP contribution in [0.1, 0.15) is 5.76 Å². The SMILES string of the molecule is Cc1cc(Nc2cc(Nc3ccc(F)c(Cl)c3)ncn2)no1. The lowest BCUT2D eigenvalue weighted by Crippen LogP contribution is -1.98. The van der Waals surface area contributed by atoms with Gasteiger partial charge in [0.1, 0.15) is 29.5 Å². The molecule has 112 valence electrons. The molecular formula is C14H11ClFN5O. The standard InChI is InChI=1S/C14H11ClFN5O/c1-8-4-14(21-22-8)20-13-6-12(17-7-18-13)19-9-2-3-11(16)10(15)5-9/h2-7H,1H3,(H2,17,18,19,20,21). The average Bonchev–Trinajstić information content (AvgIpc) is 2.89. The molecule has 0 fully saturated rings. The molecule has 2 aromatic heterocycles. The van der Waals surface area contributed by atoms with E-state index in [-0.39, 0.29) is 5.02 Å². The molecule has 2 heterocycles. The molecule has 22 heavy (non-hydrogen) atoms. The molecule has 0 saturated carbocycles. The third-order valence-corrected chi connectivity index (χ3v) is 3.03. The predicted octanol–water partition coefficient (Wildman–Crippen LogP) is 4.05. The highest BCUT2D eigenvalue weighted by molar-refractivity contribution is 6.31. The van der Waals surface area contributed by atoms with E-state index < -0.39 is 5.82 Å². The Hall–Kier alpha value is -2.67. The van der Waals surface area contributed by atoms with Gasteiger partial charge >= 0.3 is 0 Å². The molecule has 0 aliphatic heterocycles. The zero-order valence-corrected chi connectivity index (χ0v) is 12.2. The number of benzene rings is 1. The Balaban J connectivity index is 1.77. The van der Waals surface area contributed by atoms with E-state index in [1.54, 1.807) is 25.1 Å². The quantitative estimate of drug-likeness (QED) is 0.755. The summed E-state index contributed by atoms with van der Waals surface area (Å²) in [5.41, 5.74) is 0.619. The minimum absolute atomic E-state index is 0.0375. The van der Waals surface area contributed by atoms with Crippen molar-refractivity contribution in [2.75, 3.05) is 10.6 Å². The second-order valence-electron chi connectivity index (χ2n) is 4.49. The van der Waals surface area contributed by atoms with E-state index in [4.69, 9.17) is 16.1 Å². The lowest BCUT2D eigenvalue weighted by atomic mass is 10.3. The molecule has 3 aromatic rings. The highest BCUT2D eigenvalue weighted by Gasteiger charge is 2.05. The Morgan fingerprint density at radius 1 is 1.05 bits per heavy atom. The first kappa shape index (κ1) is 14.3. The smallest absolute Gasteiger partial charge is 0.175 e. The molecule has 0 amide bonds. The first-order valence-corrected chi connectivity index (χ1v) is 6.72.